The second kappa shape index (κ2) is 7.38. The minimum Gasteiger partial charge on any atom is -0.480 e. The van der Waals surface area contributed by atoms with Gasteiger partial charge in [0.25, 0.3) is 0 Å². The Labute approximate surface area is 122 Å². The fraction of sp³-hybridized carbons (Fsp3) is 0.933. The van der Waals surface area contributed by atoms with Crippen molar-refractivity contribution in [3.8, 4) is 0 Å². The molecule has 5 heteroatoms. The summed E-state index contributed by atoms with van der Waals surface area (Å²) in [6, 6.07) is 0.548. The van der Waals surface area contributed by atoms with Gasteiger partial charge >= 0.3 is 5.97 Å². The Morgan fingerprint density at radius 1 is 1.55 bits per heavy atom. The molecule has 2 N–H and O–H groups in total. The first kappa shape index (κ1) is 17.4. The predicted octanol–water partition coefficient (Wildman–Crippen LogP) is 1.72. The first-order chi connectivity index (χ1) is 9.30. The number of nitrogens with zero attached hydrogens (tertiary/aromatic N) is 1. The van der Waals surface area contributed by atoms with Gasteiger partial charge in [0.1, 0.15) is 5.54 Å². The third-order valence-corrected chi connectivity index (χ3v) is 4.16. The molecular formula is C15H30N2O3. The van der Waals surface area contributed by atoms with Crippen molar-refractivity contribution >= 4 is 5.97 Å². The highest BCUT2D eigenvalue weighted by Gasteiger charge is 2.37. The molecule has 1 heterocycles. The summed E-state index contributed by atoms with van der Waals surface area (Å²) in [7, 11) is 0. The molecule has 4 atom stereocenters. The number of morpholine rings is 1. The minimum absolute atomic E-state index is 0.210. The van der Waals surface area contributed by atoms with E-state index < -0.39 is 11.5 Å². The van der Waals surface area contributed by atoms with E-state index in [-0.39, 0.29) is 12.1 Å². The van der Waals surface area contributed by atoms with Gasteiger partial charge in [-0.2, -0.15) is 0 Å². The first-order valence-electron chi connectivity index (χ1n) is 7.66. The Kier molecular flexibility index (Phi) is 6.43. The molecule has 0 aliphatic carbocycles. The summed E-state index contributed by atoms with van der Waals surface area (Å²) in [5.41, 5.74) is -0.864. The quantitative estimate of drug-likeness (QED) is 0.746. The SMILES string of the molecule is CCCNC(C)(CC(C)N1CC(C)OCC1C)C(=O)O. The number of carboxylic acid groups (broad SMARTS) is 1. The van der Waals surface area contributed by atoms with Crippen molar-refractivity contribution < 1.29 is 14.6 Å². The lowest BCUT2D eigenvalue weighted by atomic mass is 9.91. The molecule has 0 aromatic rings. The molecule has 20 heavy (non-hydrogen) atoms. The lowest BCUT2D eigenvalue weighted by Crippen LogP contribution is -2.57. The van der Waals surface area contributed by atoms with Crippen molar-refractivity contribution in [2.24, 2.45) is 0 Å². The molecule has 0 aromatic heterocycles. The number of rotatable bonds is 7. The van der Waals surface area contributed by atoms with Crippen LogP contribution >= 0.6 is 0 Å². The van der Waals surface area contributed by atoms with E-state index >= 15 is 0 Å². The largest absolute Gasteiger partial charge is 0.480 e. The summed E-state index contributed by atoms with van der Waals surface area (Å²) in [4.78, 5) is 13.9. The highest BCUT2D eigenvalue weighted by atomic mass is 16.5. The number of ether oxygens (including phenoxy) is 1. The van der Waals surface area contributed by atoms with Crippen LogP contribution in [0.3, 0.4) is 0 Å². The van der Waals surface area contributed by atoms with Crippen LogP contribution in [0.4, 0.5) is 0 Å². The Hall–Kier alpha value is -0.650. The van der Waals surface area contributed by atoms with Gasteiger partial charge in [-0.15, -0.1) is 0 Å². The molecule has 1 saturated heterocycles. The van der Waals surface area contributed by atoms with E-state index in [9.17, 15) is 9.90 Å². The van der Waals surface area contributed by atoms with Gasteiger partial charge in [-0.3, -0.25) is 9.69 Å². The van der Waals surface area contributed by atoms with E-state index in [1.54, 1.807) is 6.92 Å². The monoisotopic (exact) mass is 286 g/mol. The number of hydrogen-bond acceptors (Lipinski definition) is 4. The zero-order valence-corrected chi connectivity index (χ0v) is 13.5. The maximum Gasteiger partial charge on any atom is 0.323 e. The number of aliphatic carboxylic acids is 1. The maximum absolute atomic E-state index is 11.6. The topological polar surface area (TPSA) is 61.8 Å². The van der Waals surface area contributed by atoms with Crippen molar-refractivity contribution in [1.29, 1.82) is 0 Å². The number of hydrogen-bond donors (Lipinski definition) is 2. The number of nitrogens with one attached hydrogen (secondary N) is 1. The molecule has 0 radical (unpaired) electrons. The Balaban J connectivity index is 2.69. The summed E-state index contributed by atoms with van der Waals surface area (Å²) in [5.74, 6) is -0.772. The summed E-state index contributed by atoms with van der Waals surface area (Å²) >= 11 is 0. The van der Waals surface area contributed by atoms with Crippen LogP contribution in [0, 0.1) is 0 Å². The van der Waals surface area contributed by atoms with Gasteiger partial charge in [-0.25, -0.2) is 0 Å². The second-order valence-corrected chi connectivity index (χ2v) is 6.31. The Morgan fingerprint density at radius 2 is 2.20 bits per heavy atom. The average molecular weight is 286 g/mol. The van der Waals surface area contributed by atoms with Crippen LogP contribution in [0.25, 0.3) is 0 Å². The summed E-state index contributed by atoms with van der Waals surface area (Å²) in [6.45, 7) is 12.5. The van der Waals surface area contributed by atoms with Gasteiger partial charge in [-0.1, -0.05) is 6.92 Å². The molecule has 118 valence electrons. The molecule has 1 aliphatic heterocycles. The molecule has 0 spiro atoms. The molecule has 1 rings (SSSR count). The van der Waals surface area contributed by atoms with E-state index in [4.69, 9.17) is 4.74 Å². The smallest absolute Gasteiger partial charge is 0.323 e. The van der Waals surface area contributed by atoms with Crippen LogP contribution in [0.5, 0.6) is 0 Å². The van der Waals surface area contributed by atoms with Crippen LogP contribution in [0.15, 0.2) is 0 Å². The molecule has 0 saturated carbocycles. The standard InChI is InChI=1S/C15H30N2O3/c1-6-7-16-15(5,14(18)19)8-11(2)17-9-13(4)20-10-12(17)3/h11-13,16H,6-10H2,1-5H3,(H,18,19). The maximum atomic E-state index is 11.6. The Morgan fingerprint density at radius 3 is 2.75 bits per heavy atom. The summed E-state index contributed by atoms with van der Waals surface area (Å²) in [5, 5.41) is 12.7. The lowest BCUT2D eigenvalue weighted by molar-refractivity contribution is -0.145. The highest BCUT2D eigenvalue weighted by Crippen LogP contribution is 2.22. The van der Waals surface area contributed by atoms with Gasteiger partial charge < -0.3 is 15.2 Å². The van der Waals surface area contributed by atoms with Crippen molar-refractivity contribution in [2.45, 2.75) is 71.2 Å². The van der Waals surface area contributed by atoms with Crippen molar-refractivity contribution in [3.63, 3.8) is 0 Å². The number of carbonyl (C=O) groups is 1. The van der Waals surface area contributed by atoms with Gasteiger partial charge in [0, 0.05) is 18.6 Å². The van der Waals surface area contributed by atoms with Crippen LogP contribution in [-0.2, 0) is 9.53 Å². The fourth-order valence-corrected chi connectivity index (χ4v) is 2.89. The highest BCUT2D eigenvalue weighted by molar-refractivity contribution is 5.78. The molecule has 0 aromatic carbocycles. The van der Waals surface area contributed by atoms with E-state index in [0.29, 0.717) is 12.5 Å². The van der Waals surface area contributed by atoms with E-state index in [1.165, 1.54) is 0 Å². The van der Waals surface area contributed by atoms with Gasteiger partial charge in [0.2, 0.25) is 0 Å². The average Bonchev–Trinajstić information content (AvgIpc) is 2.38. The fourth-order valence-electron chi connectivity index (χ4n) is 2.89. The zero-order chi connectivity index (χ0) is 15.3. The molecule has 1 aliphatic rings. The van der Waals surface area contributed by atoms with Crippen molar-refractivity contribution in [1.82, 2.24) is 10.2 Å². The van der Waals surface area contributed by atoms with E-state index in [2.05, 4.69) is 31.0 Å². The third-order valence-electron chi connectivity index (χ3n) is 4.16. The molecular weight excluding hydrogens is 256 g/mol. The summed E-state index contributed by atoms with van der Waals surface area (Å²) in [6.07, 6.45) is 1.75. The van der Waals surface area contributed by atoms with Gasteiger partial charge in [-0.05, 0) is 47.1 Å². The molecule has 0 bridgehead atoms. The first-order valence-corrected chi connectivity index (χ1v) is 7.66. The van der Waals surface area contributed by atoms with Crippen LogP contribution in [0.1, 0.15) is 47.5 Å². The van der Waals surface area contributed by atoms with Gasteiger partial charge in [0.05, 0.1) is 12.7 Å². The van der Waals surface area contributed by atoms with E-state index in [1.807, 2.05) is 6.92 Å². The molecule has 5 nitrogen and oxygen atoms in total. The lowest BCUT2D eigenvalue weighted by Gasteiger charge is -2.43. The van der Waals surface area contributed by atoms with Crippen LogP contribution < -0.4 is 5.32 Å². The van der Waals surface area contributed by atoms with Crippen molar-refractivity contribution in [3.05, 3.63) is 0 Å². The summed E-state index contributed by atoms with van der Waals surface area (Å²) < 4.78 is 5.64. The molecule has 0 amide bonds. The molecule has 1 fully saturated rings. The van der Waals surface area contributed by atoms with Gasteiger partial charge in [0.15, 0.2) is 0 Å². The van der Waals surface area contributed by atoms with Crippen molar-refractivity contribution in [2.75, 3.05) is 19.7 Å². The second-order valence-electron chi connectivity index (χ2n) is 6.31. The third kappa shape index (κ3) is 4.43. The normalized spacial score (nSPS) is 28.9. The minimum atomic E-state index is -0.864. The Bertz CT molecular complexity index is 324. The predicted molar refractivity (Wildman–Crippen MR) is 80.0 cm³/mol. The molecule has 4 unspecified atom stereocenters. The van der Waals surface area contributed by atoms with Crippen LogP contribution in [0.2, 0.25) is 0 Å². The van der Waals surface area contributed by atoms with E-state index in [0.717, 1.165) is 26.1 Å². The number of carboxylic acids is 1. The van der Waals surface area contributed by atoms with Crippen LogP contribution in [-0.4, -0.2) is 59.4 Å². The zero-order valence-electron chi connectivity index (χ0n) is 13.5.